The van der Waals surface area contributed by atoms with Crippen LogP contribution in [0.5, 0.6) is 5.75 Å². The van der Waals surface area contributed by atoms with Gasteiger partial charge in [0.2, 0.25) is 0 Å². The van der Waals surface area contributed by atoms with E-state index < -0.39 is 0 Å². The fourth-order valence-corrected chi connectivity index (χ4v) is 3.18. The van der Waals surface area contributed by atoms with Gasteiger partial charge in [0.15, 0.2) is 5.96 Å². The monoisotopic (exact) mass is 520 g/mol. The number of benzene rings is 1. The largest absolute Gasteiger partial charge is 0.497 e. The first-order chi connectivity index (χ1) is 13.6. The maximum absolute atomic E-state index is 5.58. The third-order valence-electron chi connectivity index (χ3n) is 4.74. The minimum absolute atomic E-state index is 0. The molecule has 2 N–H and O–H groups in total. The summed E-state index contributed by atoms with van der Waals surface area (Å²) in [5, 5.41) is 6.84. The van der Waals surface area contributed by atoms with Crippen molar-refractivity contribution in [1.29, 1.82) is 0 Å². The van der Waals surface area contributed by atoms with E-state index in [2.05, 4.69) is 46.5 Å². The molecule has 1 fully saturated rings. The van der Waals surface area contributed by atoms with Gasteiger partial charge in [0, 0.05) is 39.8 Å². The Bertz CT molecular complexity index is 578. The number of nitrogens with zero attached hydrogens (tertiary/aromatic N) is 2. The zero-order valence-corrected chi connectivity index (χ0v) is 20.5. The molecule has 0 radical (unpaired) electrons. The molecule has 8 heteroatoms. The average molecular weight is 520 g/mol. The van der Waals surface area contributed by atoms with Gasteiger partial charge in [-0.25, -0.2) is 0 Å². The Balaban J connectivity index is 0.00000420. The lowest BCUT2D eigenvalue weighted by molar-refractivity contribution is 0.0170. The van der Waals surface area contributed by atoms with Crippen molar-refractivity contribution in [3.05, 3.63) is 29.8 Å². The van der Waals surface area contributed by atoms with Crippen LogP contribution in [0.2, 0.25) is 0 Å². The summed E-state index contributed by atoms with van der Waals surface area (Å²) in [5.41, 5.74) is 1.26. The summed E-state index contributed by atoms with van der Waals surface area (Å²) in [6.45, 7) is 9.87. The van der Waals surface area contributed by atoms with Crippen LogP contribution < -0.4 is 15.4 Å². The molecule has 0 saturated carbocycles. The predicted molar refractivity (Wildman–Crippen MR) is 129 cm³/mol. The van der Waals surface area contributed by atoms with Gasteiger partial charge in [-0.3, -0.25) is 9.89 Å². The van der Waals surface area contributed by atoms with Crippen LogP contribution >= 0.6 is 24.0 Å². The quantitative estimate of drug-likeness (QED) is 0.214. The molecule has 1 aliphatic rings. The van der Waals surface area contributed by atoms with Crippen molar-refractivity contribution in [3.8, 4) is 5.75 Å². The molecular formula is C21H37IN4O3. The molecule has 1 heterocycles. The molecule has 0 amide bonds. The number of aliphatic imine (C=N–C) groups is 1. The maximum atomic E-state index is 5.58. The zero-order valence-electron chi connectivity index (χ0n) is 18.1. The first kappa shape index (κ1) is 25.9. The van der Waals surface area contributed by atoms with Gasteiger partial charge in [0.1, 0.15) is 5.75 Å². The van der Waals surface area contributed by atoms with Crippen molar-refractivity contribution < 1.29 is 14.2 Å². The second-order valence-corrected chi connectivity index (χ2v) is 7.09. The van der Waals surface area contributed by atoms with E-state index in [0.717, 1.165) is 64.1 Å². The highest BCUT2D eigenvalue weighted by molar-refractivity contribution is 14.0. The summed E-state index contributed by atoms with van der Waals surface area (Å²) in [5.74, 6) is 1.69. The molecule has 2 rings (SSSR count). The molecule has 1 aliphatic heterocycles. The van der Waals surface area contributed by atoms with E-state index in [4.69, 9.17) is 14.2 Å². The Kier molecular flexibility index (Phi) is 13.2. The SMILES string of the molecule is CN=C(NCCCOC(C)C)NCC(c1ccc(OC)cc1)N1CCOCC1.I. The van der Waals surface area contributed by atoms with Crippen LogP contribution in [0.4, 0.5) is 0 Å². The van der Waals surface area contributed by atoms with Gasteiger partial charge in [0.05, 0.1) is 32.5 Å². The van der Waals surface area contributed by atoms with Gasteiger partial charge in [-0.05, 0) is 38.0 Å². The number of guanidine groups is 1. The van der Waals surface area contributed by atoms with Crippen LogP contribution in [-0.4, -0.2) is 77.1 Å². The van der Waals surface area contributed by atoms with Gasteiger partial charge in [-0.2, -0.15) is 0 Å². The topological polar surface area (TPSA) is 67.4 Å². The number of ether oxygens (including phenoxy) is 3. The summed E-state index contributed by atoms with van der Waals surface area (Å²) in [6, 6.07) is 8.56. The smallest absolute Gasteiger partial charge is 0.191 e. The maximum Gasteiger partial charge on any atom is 0.191 e. The molecule has 166 valence electrons. The molecule has 0 bridgehead atoms. The highest BCUT2D eigenvalue weighted by Gasteiger charge is 2.23. The number of halogens is 1. The molecule has 1 unspecified atom stereocenters. The Hall–Kier alpha value is -1.10. The zero-order chi connectivity index (χ0) is 20.2. The molecular weight excluding hydrogens is 483 g/mol. The second kappa shape index (κ2) is 14.8. The molecule has 7 nitrogen and oxygen atoms in total. The fourth-order valence-electron chi connectivity index (χ4n) is 3.18. The molecule has 0 aliphatic carbocycles. The molecule has 1 saturated heterocycles. The normalized spacial score (nSPS) is 16.2. The van der Waals surface area contributed by atoms with E-state index >= 15 is 0 Å². The molecule has 1 aromatic rings. The number of morpholine rings is 1. The lowest BCUT2D eigenvalue weighted by atomic mass is 10.0. The van der Waals surface area contributed by atoms with E-state index in [9.17, 15) is 0 Å². The Labute approximate surface area is 192 Å². The van der Waals surface area contributed by atoms with E-state index in [-0.39, 0.29) is 36.1 Å². The third kappa shape index (κ3) is 9.50. The molecule has 1 aromatic carbocycles. The van der Waals surface area contributed by atoms with E-state index in [1.165, 1.54) is 5.56 Å². The van der Waals surface area contributed by atoms with E-state index in [1.54, 1.807) is 14.2 Å². The number of hydrogen-bond donors (Lipinski definition) is 2. The first-order valence-electron chi connectivity index (χ1n) is 10.2. The lowest BCUT2D eigenvalue weighted by Crippen LogP contribution is -2.46. The number of hydrogen-bond acceptors (Lipinski definition) is 5. The highest BCUT2D eigenvalue weighted by Crippen LogP contribution is 2.23. The number of methoxy groups -OCH3 is 1. The Morgan fingerprint density at radius 2 is 1.86 bits per heavy atom. The van der Waals surface area contributed by atoms with Gasteiger partial charge >= 0.3 is 0 Å². The van der Waals surface area contributed by atoms with Gasteiger partial charge in [0.25, 0.3) is 0 Å². The molecule has 1 atom stereocenters. The molecule has 0 spiro atoms. The van der Waals surface area contributed by atoms with E-state index in [1.807, 2.05) is 12.1 Å². The Morgan fingerprint density at radius 3 is 2.45 bits per heavy atom. The third-order valence-corrected chi connectivity index (χ3v) is 4.74. The number of rotatable bonds is 10. The highest BCUT2D eigenvalue weighted by atomic mass is 127. The lowest BCUT2D eigenvalue weighted by Gasteiger charge is -2.35. The second-order valence-electron chi connectivity index (χ2n) is 7.09. The van der Waals surface area contributed by atoms with Crippen molar-refractivity contribution in [2.24, 2.45) is 4.99 Å². The van der Waals surface area contributed by atoms with Crippen molar-refractivity contribution in [2.75, 3.05) is 60.2 Å². The summed E-state index contributed by atoms with van der Waals surface area (Å²) in [4.78, 5) is 6.81. The summed E-state index contributed by atoms with van der Waals surface area (Å²) in [6.07, 6.45) is 1.22. The summed E-state index contributed by atoms with van der Waals surface area (Å²) in [7, 11) is 3.49. The van der Waals surface area contributed by atoms with Crippen LogP contribution in [0.1, 0.15) is 31.9 Å². The fraction of sp³-hybridized carbons (Fsp3) is 0.667. The van der Waals surface area contributed by atoms with Crippen molar-refractivity contribution >= 4 is 29.9 Å². The summed E-state index contributed by atoms with van der Waals surface area (Å²) >= 11 is 0. The Morgan fingerprint density at radius 1 is 1.17 bits per heavy atom. The molecule has 29 heavy (non-hydrogen) atoms. The van der Waals surface area contributed by atoms with Crippen LogP contribution in [-0.2, 0) is 9.47 Å². The first-order valence-corrected chi connectivity index (χ1v) is 10.2. The number of nitrogens with one attached hydrogen (secondary N) is 2. The van der Waals surface area contributed by atoms with E-state index in [0.29, 0.717) is 0 Å². The predicted octanol–water partition coefficient (Wildman–Crippen LogP) is 2.67. The van der Waals surface area contributed by atoms with Crippen molar-refractivity contribution in [3.63, 3.8) is 0 Å². The van der Waals surface area contributed by atoms with Crippen LogP contribution in [0.15, 0.2) is 29.3 Å². The summed E-state index contributed by atoms with van der Waals surface area (Å²) < 4.78 is 16.4. The minimum atomic E-state index is 0. The van der Waals surface area contributed by atoms with Crippen molar-refractivity contribution in [1.82, 2.24) is 15.5 Å². The molecule has 0 aromatic heterocycles. The van der Waals surface area contributed by atoms with Gasteiger partial charge < -0.3 is 24.8 Å². The van der Waals surface area contributed by atoms with Gasteiger partial charge in [-0.1, -0.05) is 12.1 Å². The minimum Gasteiger partial charge on any atom is -0.497 e. The van der Waals surface area contributed by atoms with Crippen LogP contribution in [0.25, 0.3) is 0 Å². The van der Waals surface area contributed by atoms with Crippen molar-refractivity contribution in [2.45, 2.75) is 32.4 Å². The van der Waals surface area contributed by atoms with Crippen LogP contribution in [0.3, 0.4) is 0 Å². The van der Waals surface area contributed by atoms with Crippen LogP contribution in [0, 0.1) is 0 Å². The standard InChI is InChI=1S/C21H36N4O3.HI/c1-17(2)28-13-5-10-23-21(22-3)24-16-20(25-11-14-27-15-12-25)18-6-8-19(26-4)9-7-18;/h6-9,17,20H,5,10-16H2,1-4H3,(H2,22,23,24);1H. The average Bonchev–Trinajstić information content (AvgIpc) is 2.73. The van der Waals surface area contributed by atoms with Gasteiger partial charge in [-0.15, -0.1) is 24.0 Å².